The summed E-state index contributed by atoms with van der Waals surface area (Å²) in [5.74, 6) is 0. The average molecular weight is 288 g/mol. The second-order valence-electron chi connectivity index (χ2n) is 6.34. The lowest BCUT2D eigenvalue weighted by molar-refractivity contribution is 0.160. The first-order chi connectivity index (χ1) is 10.2. The van der Waals surface area contributed by atoms with E-state index in [0.29, 0.717) is 12.1 Å². The fourth-order valence-electron chi connectivity index (χ4n) is 3.32. The Labute approximate surface area is 130 Å². The van der Waals surface area contributed by atoms with Crippen LogP contribution in [0.3, 0.4) is 0 Å². The van der Waals surface area contributed by atoms with Crippen LogP contribution in [0.4, 0.5) is 0 Å². The van der Waals surface area contributed by atoms with Gasteiger partial charge in [0.2, 0.25) is 0 Å². The molecule has 1 aromatic carbocycles. The van der Waals surface area contributed by atoms with E-state index in [1.165, 1.54) is 36.9 Å². The Morgan fingerprint density at radius 2 is 1.81 bits per heavy atom. The lowest BCUT2D eigenvalue weighted by Gasteiger charge is -2.35. The van der Waals surface area contributed by atoms with E-state index in [1.54, 1.807) is 0 Å². The van der Waals surface area contributed by atoms with E-state index < -0.39 is 0 Å². The van der Waals surface area contributed by atoms with Crippen LogP contribution in [-0.4, -0.2) is 30.1 Å². The second kappa shape index (κ2) is 7.95. The van der Waals surface area contributed by atoms with Gasteiger partial charge in [-0.05, 0) is 56.8 Å². The summed E-state index contributed by atoms with van der Waals surface area (Å²) in [6.45, 7) is 11.4. The third-order valence-electron chi connectivity index (χ3n) is 4.67. The van der Waals surface area contributed by atoms with Crippen molar-refractivity contribution in [2.75, 3.05) is 13.1 Å². The van der Waals surface area contributed by atoms with Crippen LogP contribution >= 0.6 is 0 Å². The van der Waals surface area contributed by atoms with Crippen molar-refractivity contribution in [1.29, 1.82) is 0 Å². The zero-order valence-electron chi connectivity index (χ0n) is 14.2. The van der Waals surface area contributed by atoms with Crippen LogP contribution in [-0.2, 0) is 6.42 Å². The van der Waals surface area contributed by atoms with Gasteiger partial charge in [0.05, 0.1) is 0 Å². The molecule has 1 aromatic rings. The average Bonchev–Trinajstić information content (AvgIpc) is 3.34. The number of aryl methyl sites for hydroxylation is 1. The number of hydrogen-bond donors (Lipinski definition) is 1. The van der Waals surface area contributed by atoms with Crippen LogP contribution in [0.15, 0.2) is 24.3 Å². The molecule has 2 atom stereocenters. The van der Waals surface area contributed by atoms with E-state index >= 15 is 0 Å². The Hall–Kier alpha value is -0.860. The van der Waals surface area contributed by atoms with E-state index in [-0.39, 0.29) is 0 Å². The lowest BCUT2D eigenvalue weighted by Crippen LogP contribution is -2.44. The molecule has 1 aliphatic rings. The monoisotopic (exact) mass is 288 g/mol. The SMILES string of the molecule is CCCN(C1CC1)C(C)C(NCC)c1ccc(CC)cc1. The Balaban J connectivity index is 2.15. The van der Waals surface area contributed by atoms with Crippen LogP contribution in [0.1, 0.15) is 64.1 Å². The number of rotatable bonds is 9. The van der Waals surface area contributed by atoms with Crippen molar-refractivity contribution in [3.63, 3.8) is 0 Å². The summed E-state index contributed by atoms with van der Waals surface area (Å²) in [7, 11) is 0. The minimum absolute atomic E-state index is 0.438. The molecular weight excluding hydrogens is 256 g/mol. The maximum absolute atomic E-state index is 3.72. The third-order valence-corrected chi connectivity index (χ3v) is 4.67. The highest BCUT2D eigenvalue weighted by Gasteiger charge is 2.34. The van der Waals surface area contributed by atoms with Crippen molar-refractivity contribution in [2.24, 2.45) is 0 Å². The molecule has 0 amide bonds. The van der Waals surface area contributed by atoms with Gasteiger partial charge in [0.15, 0.2) is 0 Å². The second-order valence-corrected chi connectivity index (χ2v) is 6.34. The number of nitrogens with one attached hydrogen (secondary N) is 1. The fourth-order valence-corrected chi connectivity index (χ4v) is 3.32. The highest BCUT2D eigenvalue weighted by Crippen LogP contribution is 2.32. The van der Waals surface area contributed by atoms with Crippen molar-refractivity contribution in [2.45, 2.75) is 71.5 Å². The van der Waals surface area contributed by atoms with Crippen molar-refractivity contribution in [3.8, 4) is 0 Å². The van der Waals surface area contributed by atoms with Gasteiger partial charge in [-0.15, -0.1) is 0 Å². The zero-order chi connectivity index (χ0) is 15.2. The van der Waals surface area contributed by atoms with E-state index in [2.05, 4.69) is 62.2 Å². The van der Waals surface area contributed by atoms with Crippen molar-refractivity contribution < 1.29 is 0 Å². The first-order valence-electron chi connectivity index (χ1n) is 8.79. The Kier molecular flexibility index (Phi) is 6.25. The van der Waals surface area contributed by atoms with Gasteiger partial charge in [0, 0.05) is 18.1 Å². The van der Waals surface area contributed by atoms with Gasteiger partial charge in [-0.2, -0.15) is 0 Å². The minimum atomic E-state index is 0.438. The maximum atomic E-state index is 3.72. The van der Waals surface area contributed by atoms with Crippen molar-refractivity contribution >= 4 is 0 Å². The highest BCUT2D eigenvalue weighted by atomic mass is 15.2. The zero-order valence-corrected chi connectivity index (χ0v) is 14.2. The minimum Gasteiger partial charge on any atom is -0.309 e. The first-order valence-corrected chi connectivity index (χ1v) is 8.79. The molecule has 2 rings (SSSR count). The molecule has 1 aliphatic carbocycles. The molecule has 1 N–H and O–H groups in total. The summed E-state index contributed by atoms with van der Waals surface area (Å²) in [5.41, 5.74) is 2.86. The Bertz CT molecular complexity index is 408. The molecule has 2 heteroatoms. The third kappa shape index (κ3) is 4.31. The van der Waals surface area contributed by atoms with Gasteiger partial charge < -0.3 is 5.32 Å². The van der Waals surface area contributed by atoms with Crippen molar-refractivity contribution in [1.82, 2.24) is 10.2 Å². The van der Waals surface area contributed by atoms with Crippen LogP contribution in [0.25, 0.3) is 0 Å². The van der Waals surface area contributed by atoms with Gasteiger partial charge in [-0.1, -0.05) is 45.0 Å². The molecule has 118 valence electrons. The topological polar surface area (TPSA) is 15.3 Å². The normalized spacial score (nSPS) is 18.0. The molecule has 0 radical (unpaired) electrons. The van der Waals surface area contributed by atoms with E-state index in [4.69, 9.17) is 0 Å². The molecule has 0 aromatic heterocycles. The summed E-state index contributed by atoms with van der Waals surface area (Å²) in [4.78, 5) is 2.72. The summed E-state index contributed by atoms with van der Waals surface area (Å²) >= 11 is 0. The number of benzene rings is 1. The van der Waals surface area contributed by atoms with Crippen LogP contribution < -0.4 is 5.32 Å². The van der Waals surface area contributed by atoms with Gasteiger partial charge in [0.25, 0.3) is 0 Å². The Morgan fingerprint density at radius 1 is 1.14 bits per heavy atom. The molecule has 0 spiro atoms. The summed E-state index contributed by atoms with van der Waals surface area (Å²) in [6.07, 6.45) is 5.14. The molecule has 2 unspecified atom stereocenters. The predicted molar refractivity (Wildman–Crippen MR) is 91.7 cm³/mol. The largest absolute Gasteiger partial charge is 0.309 e. The van der Waals surface area contributed by atoms with Crippen LogP contribution in [0.5, 0.6) is 0 Å². The van der Waals surface area contributed by atoms with Crippen molar-refractivity contribution in [3.05, 3.63) is 35.4 Å². The van der Waals surface area contributed by atoms with Gasteiger partial charge >= 0.3 is 0 Å². The van der Waals surface area contributed by atoms with E-state index in [9.17, 15) is 0 Å². The molecular formula is C19H32N2. The Morgan fingerprint density at radius 3 is 2.29 bits per heavy atom. The first kappa shape index (κ1) is 16.5. The molecule has 2 nitrogen and oxygen atoms in total. The summed E-state index contributed by atoms with van der Waals surface area (Å²) < 4.78 is 0. The van der Waals surface area contributed by atoms with Gasteiger partial charge in [-0.25, -0.2) is 0 Å². The molecule has 0 heterocycles. The smallest absolute Gasteiger partial charge is 0.0475 e. The van der Waals surface area contributed by atoms with E-state index in [0.717, 1.165) is 19.0 Å². The number of hydrogen-bond acceptors (Lipinski definition) is 2. The van der Waals surface area contributed by atoms with Gasteiger partial charge in [-0.3, -0.25) is 4.90 Å². The molecule has 1 fully saturated rings. The number of likely N-dealkylation sites (N-methyl/N-ethyl adjacent to an activating group) is 1. The fraction of sp³-hybridized carbons (Fsp3) is 0.684. The summed E-state index contributed by atoms with van der Waals surface area (Å²) in [5, 5.41) is 3.72. The van der Waals surface area contributed by atoms with Crippen LogP contribution in [0.2, 0.25) is 0 Å². The summed E-state index contributed by atoms with van der Waals surface area (Å²) in [6, 6.07) is 11.0. The quantitative estimate of drug-likeness (QED) is 0.734. The molecule has 0 bridgehead atoms. The maximum Gasteiger partial charge on any atom is 0.0475 e. The highest BCUT2D eigenvalue weighted by molar-refractivity contribution is 5.26. The standard InChI is InChI=1S/C19H32N2/c1-5-14-21(18-12-13-18)15(4)19(20-7-3)17-10-8-16(6-2)9-11-17/h8-11,15,18-20H,5-7,12-14H2,1-4H3. The van der Waals surface area contributed by atoms with E-state index in [1.807, 2.05) is 0 Å². The van der Waals surface area contributed by atoms with Gasteiger partial charge in [0.1, 0.15) is 0 Å². The molecule has 1 saturated carbocycles. The molecule has 21 heavy (non-hydrogen) atoms. The van der Waals surface area contributed by atoms with Crippen LogP contribution in [0, 0.1) is 0 Å². The molecule has 0 saturated heterocycles. The predicted octanol–water partition coefficient (Wildman–Crippen LogP) is 4.16. The molecule has 0 aliphatic heterocycles. The number of nitrogens with zero attached hydrogens (tertiary/aromatic N) is 1. The lowest BCUT2D eigenvalue weighted by atomic mass is 9.97.